The minimum Gasteiger partial charge on any atom is -0.389 e. The van der Waals surface area contributed by atoms with Crippen LogP contribution in [0.3, 0.4) is 0 Å². The zero-order chi connectivity index (χ0) is 12.8. The maximum Gasteiger partial charge on any atom is 0.138 e. The summed E-state index contributed by atoms with van der Waals surface area (Å²) in [7, 11) is 0. The first-order valence-electron chi connectivity index (χ1n) is 6.92. The fourth-order valence-corrected chi connectivity index (χ4v) is 3.50. The summed E-state index contributed by atoms with van der Waals surface area (Å²) in [4.78, 5) is 4.32. The monoisotopic (exact) mass is 250 g/mol. The van der Waals surface area contributed by atoms with E-state index in [0.717, 1.165) is 18.7 Å². The Bertz CT molecular complexity index is 416. The first-order chi connectivity index (χ1) is 8.56. The van der Waals surface area contributed by atoms with Crippen molar-refractivity contribution in [2.45, 2.75) is 69.7 Å². The highest BCUT2D eigenvalue weighted by Crippen LogP contribution is 2.35. The topological polar surface area (TPSA) is 63.0 Å². The Kier molecular flexibility index (Phi) is 2.90. The van der Waals surface area contributed by atoms with E-state index < -0.39 is 5.60 Å². The Labute approximate surface area is 108 Å². The highest BCUT2D eigenvalue weighted by molar-refractivity contribution is 5.05. The molecule has 3 rings (SSSR count). The van der Waals surface area contributed by atoms with Crippen LogP contribution in [0.15, 0.2) is 6.33 Å². The molecule has 2 aliphatic rings. The second-order valence-corrected chi connectivity index (χ2v) is 6.16. The minimum absolute atomic E-state index is 0.296. The maximum atomic E-state index is 10.8. The van der Waals surface area contributed by atoms with Crippen LogP contribution in [0, 0.1) is 0 Å². The highest BCUT2D eigenvalue weighted by atomic mass is 16.3. The van der Waals surface area contributed by atoms with Gasteiger partial charge in [0.2, 0.25) is 0 Å². The van der Waals surface area contributed by atoms with Crippen LogP contribution in [0.1, 0.15) is 51.4 Å². The van der Waals surface area contributed by atoms with Crippen LogP contribution >= 0.6 is 0 Å². The third-order valence-corrected chi connectivity index (χ3v) is 4.21. The molecule has 5 heteroatoms. The van der Waals surface area contributed by atoms with Crippen molar-refractivity contribution in [3.8, 4) is 0 Å². The van der Waals surface area contributed by atoms with E-state index >= 15 is 0 Å². The maximum absolute atomic E-state index is 10.8. The molecule has 5 nitrogen and oxygen atoms in total. The van der Waals surface area contributed by atoms with Gasteiger partial charge in [-0.1, -0.05) is 0 Å². The molecule has 18 heavy (non-hydrogen) atoms. The molecule has 1 aromatic rings. The quantitative estimate of drug-likeness (QED) is 0.841. The summed E-state index contributed by atoms with van der Waals surface area (Å²) in [6.07, 6.45) is 6.30. The zero-order valence-electron chi connectivity index (χ0n) is 11.1. The predicted molar refractivity (Wildman–Crippen MR) is 68.2 cm³/mol. The summed E-state index contributed by atoms with van der Waals surface area (Å²) < 4.78 is 1.92. The molecule has 0 aliphatic carbocycles. The van der Waals surface area contributed by atoms with Crippen LogP contribution in [0.2, 0.25) is 0 Å². The predicted octanol–water partition coefficient (Wildman–Crippen LogP) is 1.05. The number of nitrogens with one attached hydrogen (secondary N) is 1. The summed E-state index contributed by atoms with van der Waals surface area (Å²) in [6.45, 7) is 4.18. The van der Waals surface area contributed by atoms with Crippen molar-refractivity contribution in [2.75, 3.05) is 0 Å². The molecule has 2 aliphatic heterocycles. The van der Waals surface area contributed by atoms with E-state index in [4.69, 9.17) is 0 Å². The lowest BCUT2D eigenvalue weighted by molar-refractivity contribution is -0.00869. The van der Waals surface area contributed by atoms with Crippen LogP contribution in [0.4, 0.5) is 0 Å². The van der Waals surface area contributed by atoms with Crippen molar-refractivity contribution in [2.24, 2.45) is 0 Å². The van der Waals surface area contributed by atoms with Gasteiger partial charge >= 0.3 is 0 Å². The van der Waals surface area contributed by atoms with E-state index in [1.54, 1.807) is 6.33 Å². The van der Waals surface area contributed by atoms with Crippen molar-refractivity contribution in [1.82, 2.24) is 20.1 Å². The first-order valence-corrected chi connectivity index (χ1v) is 6.92. The molecule has 0 spiro atoms. The summed E-state index contributed by atoms with van der Waals surface area (Å²) in [6, 6.07) is 1.28. The molecule has 3 heterocycles. The largest absolute Gasteiger partial charge is 0.389 e. The summed E-state index contributed by atoms with van der Waals surface area (Å²) in [5.74, 6) is 0.911. The minimum atomic E-state index is -0.600. The van der Waals surface area contributed by atoms with E-state index in [-0.39, 0.29) is 0 Å². The van der Waals surface area contributed by atoms with Crippen molar-refractivity contribution in [3.05, 3.63) is 12.2 Å². The van der Waals surface area contributed by atoms with Crippen LogP contribution in [-0.2, 0) is 6.42 Å². The third-order valence-electron chi connectivity index (χ3n) is 4.21. The van der Waals surface area contributed by atoms with Crippen LogP contribution < -0.4 is 5.32 Å². The second kappa shape index (κ2) is 4.31. The molecule has 2 atom stereocenters. The first kappa shape index (κ1) is 12.1. The van der Waals surface area contributed by atoms with E-state index in [2.05, 4.69) is 29.2 Å². The Morgan fingerprint density at radius 2 is 2.11 bits per heavy atom. The Hall–Kier alpha value is -0.940. The molecule has 0 radical (unpaired) electrons. The number of aliphatic hydroxyl groups is 1. The van der Waals surface area contributed by atoms with Gasteiger partial charge in [0.15, 0.2) is 0 Å². The standard InChI is InChI=1S/C13H22N4O/c1-9(2)17-12(14-8-15-17)7-13(18)5-10-3-4-11(6-13)16-10/h8-11,16,18H,3-7H2,1-2H3. The number of rotatable bonds is 3. The number of piperidine rings is 1. The number of hydrogen-bond acceptors (Lipinski definition) is 4. The molecule has 100 valence electrons. The highest BCUT2D eigenvalue weighted by Gasteiger charge is 2.43. The molecule has 2 N–H and O–H groups in total. The number of nitrogens with zero attached hydrogens (tertiary/aromatic N) is 3. The SMILES string of the molecule is CC(C)n1ncnc1CC1(O)CC2CCC(C1)N2. The molecule has 0 aromatic carbocycles. The van der Waals surface area contributed by atoms with Crippen LogP contribution in [0.25, 0.3) is 0 Å². The van der Waals surface area contributed by atoms with Gasteiger partial charge in [-0.2, -0.15) is 5.10 Å². The molecule has 2 bridgehead atoms. The summed E-state index contributed by atoms with van der Waals surface area (Å²) in [5.41, 5.74) is -0.600. The number of aromatic nitrogens is 3. The third kappa shape index (κ3) is 2.17. The molecule has 2 saturated heterocycles. The lowest BCUT2D eigenvalue weighted by Crippen LogP contribution is -2.49. The molecular formula is C13H22N4O. The van der Waals surface area contributed by atoms with Crippen molar-refractivity contribution in [3.63, 3.8) is 0 Å². The van der Waals surface area contributed by atoms with E-state index in [1.165, 1.54) is 12.8 Å². The van der Waals surface area contributed by atoms with Gasteiger partial charge in [0.25, 0.3) is 0 Å². The van der Waals surface area contributed by atoms with Gasteiger partial charge in [0, 0.05) is 24.5 Å². The molecule has 0 saturated carbocycles. The lowest BCUT2D eigenvalue weighted by Gasteiger charge is -2.37. The second-order valence-electron chi connectivity index (χ2n) is 6.16. The van der Waals surface area contributed by atoms with E-state index in [1.807, 2.05) is 4.68 Å². The van der Waals surface area contributed by atoms with Crippen molar-refractivity contribution < 1.29 is 5.11 Å². The molecule has 1 aromatic heterocycles. The van der Waals surface area contributed by atoms with Gasteiger partial charge in [-0.25, -0.2) is 9.67 Å². The average molecular weight is 250 g/mol. The zero-order valence-corrected chi connectivity index (χ0v) is 11.1. The van der Waals surface area contributed by atoms with Gasteiger partial charge in [-0.05, 0) is 39.5 Å². The van der Waals surface area contributed by atoms with Crippen molar-refractivity contribution >= 4 is 0 Å². The number of hydrogen-bond donors (Lipinski definition) is 2. The van der Waals surface area contributed by atoms with Gasteiger partial charge in [-0.15, -0.1) is 0 Å². The smallest absolute Gasteiger partial charge is 0.138 e. The van der Waals surface area contributed by atoms with E-state index in [9.17, 15) is 5.11 Å². The van der Waals surface area contributed by atoms with Gasteiger partial charge in [0.05, 0.1) is 5.60 Å². The fourth-order valence-electron chi connectivity index (χ4n) is 3.50. The average Bonchev–Trinajstić information content (AvgIpc) is 2.85. The Morgan fingerprint density at radius 3 is 2.72 bits per heavy atom. The van der Waals surface area contributed by atoms with Crippen molar-refractivity contribution in [1.29, 1.82) is 0 Å². The normalized spacial score (nSPS) is 35.3. The summed E-state index contributed by atoms with van der Waals surface area (Å²) in [5, 5.41) is 18.6. The number of fused-ring (bicyclic) bond motifs is 2. The van der Waals surface area contributed by atoms with E-state index in [0.29, 0.717) is 24.5 Å². The van der Waals surface area contributed by atoms with Gasteiger partial charge < -0.3 is 10.4 Å². The Balaban J connectivity index is 1.77. The molecule has 2 fully saturated rings. The van der Waals surface area contributed by atoms with Gasteiger partial charge in [-0.3, -0.25) is 0 Å². The molecular weight excluding hydrogens is 228 g/mol. The van der Waals surface area contributed by atoms with Gasteiger partial charge in [0.1, 0.15) is 12.2 Å². The fraction of sp³-hybridized carbons (Fsp3) is 0.846. The molecule has 2 unspecified atom stereocenters. The molecule has 0 amide bonds. The van der Waals surface area contributed by atoms with Crippen LogP contribution in [-0.4, -0.2) is 37.6 Å². The van der Waals surface area contributed by atoms with Crippen LogP contribution in [0.5, 0.6) is 0 Å². The Morgan fingerprint density at radius 1 is 1.44 bits per heavy atom. The lowest BCUT2D eigenvalue weighted by atomic mass is 9.84. The summed E-state index contributed by atoms with van der Waals surface area (Å²) >= 11 is 0.